The first-order valence-electron chi connectivity index (χ1n) is 9.96. The van der Waals surface area contributed by atoms with Crippen molar-refractivity contribution < 1.29 is 19.1 Å². The van der Waals surface area contributed by atoms with Crippen LogP contribution in [0.25, 0.3) is 11.1 Å². The molecule has 156 valence electrons. The second-order valence-corrected chi connectivity index (χ2v) is 8.03. The Bertz CT molecular complexity index is 898. The Morgan fingerprint density at radius 1 is 0.867 bits per heavy atom. The summed E-state index contributed by atoms with van der Waals surface area (Å²) < 4.78 is 5.20. The third-order valence-corrected chi connectivity index (χ3v) is 4.52. The van der Waals surface area contributed by atoms with E-state index in [0.717, 1.165) is 0 Å². The molecule has 2 aromatic rings. The molecule has 1 heterocycles. The van der Waals surface area contributed by atoms with Crippen LogP contribution in [0.3, 0.4) is 0 Å². The predicted molar refractivity (Wildman–Crippen MR) is 115 cm³/mol. The van der Waals surface area contributed by atoms with Gasteiger partial charge < -0.3 is 10.1 Å². The van der Waals surface area contributed by atoms with Gasteiger partial charge in [0.15, 0.2) is 0 Å². The van der Waals surface area contributed by atoms with E-state index in [1.165, 1.54) is 4.90 Å². The lowest BCUT2D eigenvalue weighted by atomic mass is 9.96. The second kappa shape index (κ2) is 8.95. The number of rotatable bonds is 6. The molecule has 6 heteroatoms. The molecule has 0 spiro atoms. The third kappa shape index (κ3) is 4.95. The van der Waals surface area contributed by atoms with Crippen molar-refractivity contribution in [2.45, 2.75) is 32.8 Å². The van der Waals surface area contributed by atoms with Gasteiger partial charge in [0.25, 0.3) is 11.8 Å². The van der Waals surface area contributed by atoms with Crippen LogP contribution in [0.4, 0.5) is 4.79 Å². The molecular weight excluding hydrogens is 380 g/mol. The molecule has 30 heavy (non-hydrogen) atoms. The number of carbonyl (C=O) groups is 3. The van der Waals surface area contributed by atoms with E-state index < -0.39 is 11.7 Å². The number of hydrogen-bond donors (Lipinski definition) is 1. The standard InChI is InChI=1S/C24H26N2O4/c1-24(2,3)30-23(29)25-15-10-16-26-21(27)19(17-11-6-4-7-12-17)20(22(26)28)18-13-8-5-9-14-18/h4-9,11-14H,10,15-16H2,1-3H3,(H,25,29). The van der Waals surface area contributed by atoms with Gasteiger partial charge in [-0.3, -0.25) is 14.5 Å². The van der Waals surface area contributed by atoms with Crippen molar-refractivity contribution in [1.82, 2.24) is 10.2 Å². The molecule has 0 saturated heterocycles. The van der Waals surface area contributed by atoms with E-state index in [1.807, 2.05) is 60.7 Å². The molecule has 0 atom stereocenters. The summed E-state index contributed by atoms with van der Waals surface area (Å²) in [5, 5.41) is 2.65. The van der Waals surface area contributed by atoms with E-state index in [4.69, 9.17) is 4.74 Å². The number of alkyl carbamates (subject to hydrolysis) is 1. The molecule has 0 aliphatic carbocycles. The Kier molecular flexibility index (Phi) is 6.35. The molecule has 3 rings (SSSR count). The number of amides is 3. The van der Waals surface area contributed by atoms with Gasteiger partial charge in [-0.1, -0.05) is 60.7 Å². The Morgan fingerprint density at radius 3 is 1.77 bits per heavy atom. The molecular formula is C24H26N2O4. The first kappa shape index (κ1) is 21.3. The molecule has 0 fully saturated rings. The van der Waals surface area contributed by atoms with Crippen LogP contribution in [0.5, 0.6) is 0 Å². The van der Waals surface area contributed by atoms with Gasteiger partial charge >= 0.3 is 6.09 Å². The van der Waals surface area contributed by atoms with E-state index in [2.05, 4.69) is 5.32 Å². The minimum Gasteiger partial charge on any atom is -0.444 e. The average Bonchev–Trinajstić information content (AvgIpc) is 2.95. The summed E-state index contributed by atoms with van der Waals surface area (Å²) >= 11 is 0. The molecule has 3 amide bonds. The number of nitrogens with one attached hydrogen (secondary N) is 1. The Labute approximate surface area is 176 Å². The highest BCUT2D eigenvalue weighted by Crippen LogP contribution is 2.35. The highest BCUT2D eigenvalue weighted by molar-refractivity contribution is 6.48. The third-order valence-electron chi connectivity index (χ3n) is 4.52. The van der Waals surface area contributed by atoms with E-state index in [9.17, 15) is 14.4 Å². The fraction of sp³-hybridized carbons (Fsp3) is 0.292. The van der Waals surface area contributed by atoms with E-state index >= 15 is 0 Å². The highest BCUT2D eigenvalue weighted by atomic mass is 16.6. The van der Waals surface area contributed by atoms with Crippen LogP contribution < -0.4 is 5.32 Å². The van der Waals surface area contributed by atoms with Gasteiger partial charge in [-0.2, -0.15) is 0 Å². The summed E-state index contributed by atoms with van der Waals surface area (Å²) in [6, 6.07) is 18.4. The van der Waals surface area contributed by atoms with E-state index in [-0.39, 0.29) is 18.4 Å². The monoisotopic (exact) mass is 406 g/mol. The van der Waals surface area contributed by atoms with Crippen molar-refractivity contribution in [3.63, 3.8) is 0 Å². The number of nitrogens with zero attached hydrogens (tertiary/aromatic N) is 1. The molecule has 6 nitrogen and oxygen atoms in total. The maximum atomic E-state index is 13.2. The zero-order valence-corrected chi connectivity index (χ0v) is 17.5. The fourth-order valence-electron chi connectivity index (χ4n) is 3.27. The predicted octanol–water partition coefficient (Wildman–Crippen LogP) is 3.88. The highest BCUT2D eigenvalue weighted by Gasteiger charge is 2.38. The Hall–Kier alpha value is -3.41. The molecule has 0 saturated carbocycles. The minimum atomic E-state index is -0.579. The van der Waals surface area contributed by atoms with Crippen molar-refractivity contribution >= 4 is 29.1 Å². The molecule has 0 bridgehead atoms. The van der Waals surface area contributed by atoms with Gasteiger partial charge in [-0.05, 0) is 38.3 Å². The van der Waals surface area contributed by atoms with Gasteiger partial charge in [0, 0.05) is 13.1 Å². The van der Waals surface area contributed by atoms with Crippen LogP contribution in [0.15, 0.2) is 60.7 Å². The van der Waals surface area contributed by atoms with Crippen LogP contribution in [0.2, 0.25) is 0 Å². The van der Waals surface area contributed by atoms with Crippen molar-refractivity contribution in [2.75, 3.05) is 13.1 Å². The largest absolute Gasteiger partial charge is 0.444 e. The normalized spacial score (nSPS) is 14.3. The number of carbonyl (C=O) groups excluding carboxylic acids is 3. The van der Waals surface area contributed by atoms with Crippen LogP contribution in [-0.2, 0) is 14.3 Å². The van der Waals surface area contributed by atoms with Gasteiger partial charge in [0.05, 0.1) is 11.1 Å². The van der Waals surface area contributed by atoms with Gasteiger partial charge in [0.1, 0.15) is 5.60 Å². The summed E-state index contributed by atoms with van der Waals surface area (Å²) in [5.74, 6) is -0.635. The van der Waals surface area contributed by atoms with Crippen LogP contribution in [0.1, 0.15) is 38.3 Å². The molecule has 0 radical (unpaired) electrons. The van der Waals surface area contributed by atoms with Gasteiger partial charge in [0.2, 0.25) is 0 Å². The van der Waals surface area contributed by atoms with Crippen LogP contribution >= 0.6 is 0 Å². The molecule has 2 aromatic carbocycles. The maximum absolute atomic E-state index is 13.2. The average molecular weight is 406 g/mol. The summed E-state index contributed by atoms with van der Waals surface area (Å²) in [6.07, 6.45) is -0.0874. The summed E-state index contributed by atoms with van der Waals surface area (Å²) in [4.78, 5) is 39.3. The Balaban J connectivity index is 1.74. The number of benzene rings is 2. The number of imide groups is 1. The molecule has 1 aliphatic heterocycles. The smallest absolute Gasteiger partial charge is 0.407 e. The SMILES string of the molecule is CC(C)(C)OC(=O)NCCCN1C(=O)C(c2ccccc2)=C(c2ccccc2)C1=O. The molecule has 1 aliphatic rings. The van der Waals surface area contributed by atoms with Crippen molar-refractivity contribution in [1.29, 1.82) is 0 Å². The number of hydrogen-bond acceptors (Lipinski definition) is 4. The molecule has 1 N–H and O–H groups in total. The lowest BCUT2D eigenvalue weighted by Crippen LogP contribution is -2.36. The van der Waals surface area contributed by atoms with Crippen molar-refractivity contribution in [2.24, 2.45) is 0 Å². The second-order valence-electron chi connectivity index (χ2n) is 8.03. The Morgan fingerprint density at radius 2 is 1.33 bits per heavy atom. The van der Waals surface area contributed by atoms with Crippen LogP contribution in [0, 0.1) is 0 Å². The van der Waals surface area contributed by atoms with Crippen molar-refractivity contribution in [3.8, 4) is 0 Å². The lowest BCUT2D eigenvalue weighted by Gasteiger charge is -2.20. The van der Waals surface area contributed by atoms with E-state index in [1.54, 1.807) is 20.8 Å². The molecule has 0 unspecified atom stereocenters. The minimum absolute atomic E-state index is 0.208. The maximum Gasteiger partial charge on any atom is 0.407 e. The zero-order chi connectivity index (χ0) is 21.7. The number of ether oxygens (including phenoxy) is 1. The zero-order valence-electron chi connectivity index (χ0n) is 17.5. The van der Waals surface area contributed by atoms with Crippen LogP contribution in [-0.4, -0.2) is 41.5 Å². The fourth-order valence-corrected chi connectivity index (χ4v) is 3.27. The summed E-state index contributed by atoms with van der Waals surface area (Å²) in [5.41, 5.74) is 1.66. The first-order valence-corrected chi connectivity index (χ1v) is 9.96. The van der Waals surface area contributed by atoms with E-state index in [0.29, 0.717) is 35.2 Å². The lowest BCUT2D eigenvalue weighted by molar-refractivity contribution is -0.136. The van der Waals surface area contributed by atoms with Gasteiger partial charge in [-0.25, -0.2) is 4.79 Å². The topological polar surface area (TPSA) is 75.7 Å². The first-order chi connectivity index (χ1) is 14.3. The van der Waals surface area contributed by atoms with Gasteiger partial charge in [-0.15, -0.1) is 0 Å². The van der Waals surface area contributed by atoms with Crippen molar-refractivity contribution in [3.05, 3.63) is 71.8 Å². The quantitative estimate of drug-likeness (QED) is 0.583. The molecule has 0 aromatic heterocycles. The summed E-state index contributed by atoms with van der Waals surface area (Å²) in [7, 11) is 0. The summed E-state index contributed by atoms with van der Waals surface area (Å²) in [6.45, 7) is 5.87.